The molecule has 0 aliphatic rings. The van der Waals surface area contributed by atoms with E-state index < -0.39 is 0 Å². The smallest absolute Gasteiger partial charge is 0.0781 e. The van der Waals surface area contributed by atoms with Gasteiger partial charge in [0, 0.05) is 48.7 Å². The first-order valence-corrected chi connectivity index (χ1v) is 15.0. The minimum atomic E-state index is 0.982. The Balaban J connectivity index is 1.92. The standard InChI is InChI=1S/C35H49N3/c1-5-9-26-37(27-10-6-2)33-22-18-30(19-23-33)35(36-32-16-14-13-15-17-32)31-20-24-34(25-21-31)38(28-11-7-3)29-12-8-4/h13-25H,5-12,26-29H2,1-4H3. The molecule has 0 saturated heterocycles. The lowest BCUT2D eigenvalue weighted by Crippen LogP contribution is -2.25. The summed E-state index contributed by atoms with van der Waals surface area (Å²) in [5, 5.41) is 0. The number of aliphatic imine (C=N–C) groups is 1. The van der Waals surface area contributed by atoms with Gasteiger partial charge in [-0.2, -0.15) is 0 Å². The third-order valence-corrected chi connectivity index (χ3v) is 7.14. The normalized spacial score (nSPS) is 10.8. The van der Waals surface area contributed by atoms with E-state index >= 15 is 0 Å². The van der Waals surface area contributed by atoms with Crippen molar-refractivity contribution in [3.63, 3.8) is 0 Å². The van der Waals surface area contributed by atoms with Crippen molar-refractivity contribution in [2.45, 2.75) is 79.1 Å². The first-order valence-electron chi connectivity index (χ1n) is 15.0. The number of rotatable bonds is 17. The molecule has 0 heterocycles. The molecule has 0 N–H and O–H groups in total. The van der Waals surface area contributed by atoms with Crippen LogP contribution in [0, 0.1) is 0 Å². The number of hydrogen-bond acceptors (Lipinski definition) is 3. The van der Waals surface area contributed by atoms with Crippen LogP contribution in [0.25, 0.3) is 0 Å². The zero-order valence-electron chi connectivity index (χ0n) is 24.3. The SMILES string of the molecule is CCCCN(CCCC)c1ccc(C(=Nc2ccccc2)c2ccc(N(CCCC)CCCC)cc2)cc1. The van der Waals surface area contributed by atoms with Crippen LogP contribution in [0.4, 0.5) is 17.1 Å². The van der Waals surface area contributed by atoms with E-state index in [1.54, 1.807) is 0 Å². The monoisotopic (exact) mass is 511 g/mol. The molecule has 0 aliphatic heterocycles. The molecule has 0 bridgehead atoms. The molecule has 0 radical (unpaired) electrons. The fourth-order valence-corrected chi connectivity index (χ4v) is 4.72. The Bertz CT molecular complexity index is 973. The highest BCUT2D eigenvalue weighted by atomic mass is 15.1. The molecule has 0 saturated carbocycles. The van der Waals surface area contributed by atoms with Gasteiger partial charge in [-0.25, -0.2) is 4.99 Å². The Morgan fingerprint density at radius 2 is 0.868 bits per heavy atom. The van der Waals surface area contributed by atoms with Crippen LogP contribution in [0.1, 0.15) is 90.2 Å². The lowest BCUT2D eigenvalue weighted by Gasteiger charge is -2.25. The Hall–Kier alpha value is -3.07. The third-order valence-electron chi connectivity index (χ3n) is 7.14. The summed E-state index contributed by atoms with van der Waals surface area (Å²) >= 11 is 0. The van der Waals surface area contributed by atoms with E-state index in [1.807, 2.05) is 6.07 Å². The molecule has 204 valence electrons. The van der Waals surface area contributed by atoms with Gasteiger partial charge in [-0.3, -0.25) is 0 Å². The zero-order chi connectivity index (χ0) is 27.0. The van der Waals surface area contributed by atoms with Crippen molar-refractivity contribution in [1.82, 2.24) is 0 Å². The Kier molecular flexibility index (Phi) is 13.0. The molecule has 0 fully saturated rings. The summed E-state index contributed by atoms with van der Waals surface area (Å²) < 4.78 is 0. The van der Waals surface area contributed by atoms with Crippen LogP contribution >= 0.6 is 0 Å². The topological polar surface area (TPSA) is 18.8 Å². The summed E-state index contributed by atoms with van der Waals surface area (Å²) in [5.74, 6) is 0. The van der Waals surface area contributed by atoms with Crippen LogP contribution in [0.5, 0.6) is 0 Å². The molecule has 3 rings (SSSR count). The van der Waals surface area contributed by atoms with Crippen LogP contribution in [-0.2, 0) is 0 Å². The predicted octanol–water partition coefficient (Wildman–Crippen LogP) is 9.67. The average Bonchev–Trinajstić information content (AvgIpc) is 2.97. The summed E-state index contributed by atoms with van der Waals surface area (Å²) in [6.07, 6.45) is 9.80. The molecule has 0 aliphatic carbocycles. The van der Waals surface area contributed by atoms with E-state index in [0.717, 1.165) is 48.7 Å². The molecule has 0 amide bonds. The number of anilines is 2. The molecule has 0 unspecified atom stereocenters. The van der Waals surface area contributed by atoms with Gasteiger partial charge in [-0.05, 0) is 62.1 Å². The Morgan fingerprint density at radius 1 is 0.500 bits per heavy atom. The van der Waals surface area contributed by atoms with Crippen molar-refractivity contribution < 1.29 is 0 Å². The molecule has 3 nitrogen and oxygen atoms in total. The number of benzene rings is 3. The van der Waals surface area contributed by atoms with Crippen LogP contribution in [0.15, 0.2) is 83.9 Å². The van der Waals surface area contributed by atoms with Gasteiger partial charge in [0.15, 0.2) is 0 Å². The van der Waals surface area contributed by atoms with Crippen molar-refractivity contribution in [2.75, 3.05) is 36.0 Å². The highest BCUT2D eigenvalue weighted by Crippen LogP contribution is 2.24. The second kappa shape index (κ2) is 16.7. The van der Waals surface area contributed by atoms with E-state index in [0.29, 0.717) is 0 Å². The van der Waals surface area contributed by atoms with E-state index in [2.05, 4.69) is 110 Å². The molecule has 0 atom stereocenters. The van der Waals surface area contributed by atoms with Crippen LogP contribution in [0.2, 0.25) is 0 Å². The second-order valence-electron chi connectivity index (χ2n) is 10.3. The van der Waals surface area contributed by atoms with Gasteiger partial charge in [0.2, 0.25) is 0 Å². The van der Waals surface area contributed by atoms with Crippen molar-refractivity contribution in [1.29, 1.82) is 0 Å². The fraction of sp³-hybridized carbons (Fsp3) is 0.457. The Morgan fingerprint density at radius 3 is 1.21 bits per heavy atom. The first-order chi connectivity index (χ1) is 18.7. The third kappa shape index (κ3) is 9.04. The van der Waals surface area contributed by atoms with Gasteiger partial charge >= 0.3 is 0 Å². The van der Waals surface area contributed by atoms with Gasteiger partial charge < -0.3 is 9.80 Å². The molecule has 0 aromatic heterocycles. The summed E-state index contributed by atoms with van der Waals surface area (Å²) in [6.45, 7) is 13.6. The molecule has 38 heavy (non-hydrogen) atoms. The van der Waals surface area contributed by atoms with Crippen LogP contribution in [0.3, 0.4) is 0 Å². The van der Waals surface area contributed by atoms with Crippen LogP contribution in [-0.4, -0.2) is 31.9 Å². The summed E-state index contributed by atoms with van der Waals surface area (Å²) in [5.41, 5.74) is 6.95. The van der Waals surface area contributed by atoms with E-state index in [4.69, 9.17) is 4.99 Å². The summed E-state index contributed by atoms with van der Waals surface area (Å²) in [6, 6.07) is 28.5. The van der Waals surface area contributed by atoms with Crippen molar-refractivity contribution in [2.24, 2.45) is 4.99 Å². The van der Waals surface area contributed by atoms with Gasteiger partial charge in [-0.15, -0.1) is 0 Å². The second-order valence-corrected chi connectivity index (χ2v) is 10.3. The van der Waals surface area contributed by atoms with Gasteiger partial charge in [0.05, 0.1) is 11.4 Å². The minimum Gasteiger partial charge on any atom is -0.372 e. The van der Waals surface area contributed by atoms with Crippen molar-refractivity contribution in [3.8, 4) is 0 Å². The predicted molar refractivity (Wildman–Crippen MR) is 169 cm³/mol. The van der Waals surface area contributed by atoms with Crippen molar-refractivity contribution in [3.05, 3.63) is 90.0 Å². The van der Waals surface area contributed by atoms with Gasteiger partial charge in [0.25, 0.3) is 0 Å². The maximum absolute atomic E-state index is 5.14. The molecule has 0 spiro atoms. The largest absolute Gasteiger partial charge is 0.372 e. The van der Waals surface area contributed by atoms with Crippen LogP contribution < -0.4 is 9.80 Å². The highest BCUT2D eigenvalue weighted by molar-refractivity contribution is 6.14. The molecule has 3 aromatic rings. The lowest BCUT2D eigenvalue weighted by molar-refractivity contribution is 0.678. The van der Waals surface area contributed by atoms with Gasteiger partial charge in [0.1, 0.15) is 0 Å². The van der Waals surface area contributed by atoms with Gasteiger partial charge in [-0.1, -0.05) is 95.8 Å². The average molecular weight is 512 g/mol. The summed E-state index contributed by atoms with van der Waals surface area (Å²) in [4.78, 5) is 10.2. The van der Waals surface area contributed by atoms with E-state index in [1.165, 1.54) is 62.7 Å². The fourth-order valence-electron chi connectivity index (χ4n) is 4.72. The lowest BCUT2D eigenvalue weighted by atomic mass is 10.0. The first kappa shape index (κ1) is 29.5. The molecular formula is C35H49N3. The van der Waals surface area contributed by atoms with E-state index in [9.17, 15) is 0 Å². The molecule has 3 heteroatoms. The molecule has 3 aromatic carbocycles. The minimum absolute atomic E-state index is 0.982. The maximum atomic E-state index is 5.14. The Labute approximate surface area is 232 Å². The van der Waals surface area contributed by atoms with E-state index in [-0.39, 0.29) is 0 Å². The number of nitrogens with zero attached hydrogens (tertiary/aromatic N) is 3. The van der Waals surface area contributed by atoms with Crippen molar-refractivity contribution >= 4 is 22.8 Å². The highest BCUT2D eigenvalue weighted by Gasteiger charge is 2.12. The zero-order valence-corrected chi connectivity index (χ0v) is 24.3. The molecular weight excluding hydrogens is 462 g/mol. The summed E-state index contributed by atoms with van der Waals surface area (Å²) in [7, 11) is 0. The number of unbranched alkanes of at least 4 members (excludes halogenated alkanes) is 4. The number of hydrogen-bond donors (Lipinski definition) is 0. The quantitative estimate of drug-likeness (QED) is 0.168. The maximum Gasteiger partial charge on any atom is 0.0781 e. The number of para-hydroxylation sites is 1.